The maximum atomic E-state index is 11.2. The van der Waals surface area contributed by atoms with Crippen molar-refractivity contribution in [3.8, 4) is 35.5 Å². The van der Waals surface area contributed by atoms with Crippen LogP contribution in [0.5, 0.6) is 0 Å². The van der Waals surface area contributed by atoms with Crippen LogP contribution in [-0.4, -0.2) is 6.67 Å². The van der Waals surface area contributed by atoms with E-state index in [2.05, 4.69) is 35.5 Å². The Labute approximate surface area is 54.5 Å². The van der Waals surface area contributed by atoms with Crippen LogP contribution >= 0.6 is 0 Å². The molecule has 0 nitrogen and oxygen atoms in total. The fourth-order valence-electron chi connectivity index (χ4n) is 0.203. The molecule has 0 saturated heterocycles. The van der Waals surface area contributed by atoms with E-state index >= 15 is 0 Å². The van der Waals surface area contributed by atoms with Gasteiger partial charge < -0.3 is 0 Å². The molecule has 0 saturated carbocycles. The summed E-state index contributed by atoms with van der Waals surface area (Å²) in [6, 6.07) is 0. The van der Waals surface area contributed by atoms with Crippen LogP contribution in [0.2, 0.25) is 0 Å². The largest absolute Gasteiger partial charge is 0.237 e. The van der Waals surface area contributed by atoms with Crippen LogP contribution in [0.25, 0.3) is 0 Å². The number of alkyl halides is 1. The van der Waals surface area contributed by atoms with Crippen molar-refractivity contribution in [2.45, 2.75) is 6.92 Å². The Bertz CT molecular complexity index is 231. The molecule has 0 heterocycles. The highest BCUT2D eigenvalue weighted by Gasteiger charge is 1.57. The normalized spacial score (nSPS) is 4.67. The molecule has 44 valence electrons. The molecular formula is C8H5F. The van der Waals surface area contributed by atoms with E-state index in [0.717, 1.165) is 0 Å². The monoisotopic (exact) mass is 120 g/mol. The van der Waals surface area contributed by atoms with Crippen molar-refractivity contribution in [2.75, 3.05) is 6.67 Å². The predicted octanol–water partition coefficient (Wildman–Crippen LogP) is 0.986. The molecule has 0 aliphatic heterocycles. The third-order valence-corrected chi connectivity index (χ3v) is 0.468. The van der Waals surface area contributed by atoms with Crippen molar-refractivity contribution in [1.82, 2.24) is 0 Å². The van der Waals surface area contributed by atoms with Crippen molar-refractivity contribution < 1.29 is 4.39 Å². The van der Waals surface area contributed by atoms with Crippen LogP contribution in [0.15, 0.2) is 0 Å². The molecule has 0 aliphatic rings. The van der Waals surface area contributed by atoms with Crippen molar-refractivity contribution in [1.29, 1.82) is 0 Å². The molecule has 0 unspecified atom stereocenters. The second-order valence-electron chi connectivity index (χ2n) is 1.06. The minimum atomic E-state index is -0.645. The second kappa shape index (κ2) is 6.61. The summed E-state index contributed by atoms with van der Waals surface area (Å²) in [7, 11) is 0. The molecule has 0 atom stereocenters. The van der Waals surface area contributed by atoms with Gasteiger partial charge in [-0.2, -0.15) is 0 Å². The van der Waals surface area contributed by atoms with Gasteiger partial charge in [0.05, 0.1) is 0 Å². The highest BCUT2D eigenvalue weighted by atomic mass is 19.1. The summed E-state index contributed by atoms with van der Waals surface area (Å²) in [5, 5.41) is 0. The van der Waals surface area contributed by atoms with Crippen LogP contribution in [0.4, 0.5) is 4.39 Å². The fraction of sp³-hybridized carbons (Fsp3) is 0.250. The van der Waals surface area contributed by atoms with Crippen molar-refractivity contribution in [2.24, 2.45) is 0 Å². The Hall–Kier alpha value is -1.39. The molecule has 0 fully saturated rings. The average Bonchev–Trinajstić information content (AvgIpc) is 1.89. The summed E-state index contributed by atoms with van der Waals surface area (Å²) < 4.78 is 11.2. The summed E-state index contributed by atoms with van der Waals surface area (Å²) >= 11 is 0. The Morgan fingerprint density at radius 2 is 1.78 bits per heavy atom. The lowest BCUT2D eigenvalue weighted by molar-refractivity contribution is 0.573. The van der Waals surface area contributed by atoms with Gasteiger partial charge in [-0.15, -0.1) is 0 Å². The smallest absolute Gasteiger partial charge is 0.151 e. The summed E-state index contributed by atoms with van der Waals surface area (Å²) in [5.74, 6) is 14.2. The molecule has 1 heteroatoms. The Balaban J connectivity index is 3.71. The zero-order valence-electron chi connectivity index (χ0n) is 5.09. The highest BCUT2D eigenvalue weighted by Crippen LogP contribution is 1.58. The third kappa shape index (κ3) is 6.61. The molecule has 9 heavy (non-hydrogen) atoms. The Morgan fingerprint density at radius 3 is 2.33 bits per heavy atom. The topological polar surface area (TPSA) is 0 Å². The fourth-order valence-corrected chi connectivity index (χ4v) is 0.203. The van der Waals surface area contributed by atoms with Crippen LogP contribution in [0.3, 0.4) is 0 Å². The van der Waals surface area contributed by atoms with Gasteiger partial charge in [0.2, 0.25) is 0 Å². The standard InChI is InChI=1S/C8H5F/c1-2-3-4-5-6-7-8-9/h8H2,1H3. The average molecular weight is 120 g/mol. The Kier molecular flexibility index (Phi) is 5.59. The molecule has 0 bridgehead atoms. The van der Waals surface area contributed by atoms with E-state index in [1.54, 1.807) is 6.92 Å². The SMILES string of the molecule is CC#CC#CC#CCF. The quantitative estimate of drug-likeness (QED) is 0.418. The van der Waals surface area contributed by atoms with Gasteiger partial charge in [0.1, 0.15) is 0 Å². The van der Waals surface area contributed by atoms with E-state index in [9.17, 15) is 4.39 Å². The van der Waals surface area contributed by atoms with Gasteiger partial charge in [0.25, 0.3) is 0 Å². The number of hydrogen-bond acceptors (Lipinski definition) is 0. The lowest BCUT2D eigenvalue weighted by Gasteiger charge is -1.58. The first-order valence-electron chi connectivity index (χ1n) is 2.37. The third-order valence-electron chi connectivity index (χ3n) is 0.468. The maximum absolute atomic E-state index is 11.2. The molecular weight excluding hydrogens is 115 g/mol. The van der Waals surface area contributed by atoms with Gasteiger partial charge in [-0.3, -0.25) is 0 Å². The first kappa shape index (κ1) is 7.61. The number of halogens is 1. The van der Waals surface area contributed by atoms with E-state index in [1.807, 2.05) is 0 Å². The molecule has 0 rings (SSSR count). The molecule has 0 aromatic rings. The minimum Gasteiger partial charge on any atom is -0.237 e. The Morgan fingerprint density at radius 1 is 1.11 bits per heavy atom. The highest BCUT2D eigenvalue weighted by molar-refractivity contribution is 5.35. The summed E-state index contributed by atoms with van der Waals surface area (Å²) in [5.41, 5.74) is 0. The molecule has 0 aromatic heterocycles. The molecule has 0 N–H and O–H groups in total. The minimum absolute atomic E-state index is 0.645. The van der Waals surface area contributed by atoms with E-state index < -0.39 is 6.67 Å². The van der Waals surface area contributed by atoms with Crippen LogP contribution in [-0.2, 0) is 0 Å². The van der Waals surface area contributed by atoms with Crippen molar-refractivity contribution in [3.63, 3.8) is 0 Å². The summed E-state index contributed by atoms with van der Waals surface area (Å²) in [6.07, 6.45) is 0. The lowest BCUT2D eigenvalue weighted by atomic mass is 10.5. The molecule has 0 amide bonds. The first-order valence-corrected chi connectivity index (χ1v) is 2.37. The van der Waals surface area contributed by atoms with Crippen LogP contribution in [0, 0.1) is 35.5 Å². The van der Waals surface area contributed by atoms with Gasteiger partial charge >= 0.3 is 0 Å². The zero-order chi connectivity index (χ0) is 6.95. The molecule has 0 aliphatic carbocycles. The number of hydrogen-bond donors (Lipinski definition) is 0. The molecule has 0 aromatic carbocycles. The van der Waals surface area contributed by atoms with Crippen molar-refractivity contribution in [3.05, 3.63) is 0 Å². The summed E-state index contributed by atoms with van der Waals surface area (Å²) in [4.78, 5) is 0. The van der Waals surface area contributed by atoms with E-state index in [-0.39, 0.29) is 0 Å². The summed E-state index contributed by atoms with van der Waals surface area (Å²) in [6.45, 7) is 1.03. The van der Waals surface area contributed by atoms with Gasteiger partial charge in [0.15, 0.2) is 6.67 Å². The van der Waals surface area contributed by atoms with Gasteiger partial charge in [0, 0.05) is 0 Å². The predicted molar refractivity (Wildman–Crippen MR) is 35.0 cm³/mol. The maximum Gasteiger partial charge on any atom is 0.151 e. The number of rotatable bonds is 0. The van der Waals surface area contributed by atoms with Crippen LogP contribution in [0.1, 0.15) is 6.92 Å². The van der Waals surface area contributed by atoms with Gasteiger partial charge in [-0.25, -0.2) is 4.39 Å². The lowest BCUT2D eigenvalue weighted by Crippen LogP contribution is -1.59. The van der Waals surface area contributed by atoms with Crippen molar-refractivity contribution >= 4 is 0 Å². The van der Waals surface area contributed by atoms with E-state index in [4.69, 9.17) is 0 Å². The van der Waals surface area contributed by atoms with E-state index in [1.165, 1.54) is 0 Å². The van der Waals surface area contributed by atoms with Gasteiger partial charge in [-0.1, -0.05) is 11.8 Å². The first-order chi connectivity index (χ1) is 4.41. The second-order valence-corrected chi connectivity index (χ2v) is 1.06. The van der Waals surface area contributed by atoms with E-state index in [0.29, 0.717) is 0 Å². The molecule has 0 radical (unpaired) electrons. The van der Waals surface area contributed by atoms with Gasteiger partial charge in [-0.05, 0) is 30.6 Å². The zero-order valence-corrected chi connectivity index (χ0v) is 5.09. The van der Waals surface area contributed by atoms with Crippen LogP contribution < -0.4 is 0 Å². The molecule has 0 spiro atoms.